The van der Waals surface area contributed by atoms with Gasteiger partial charge in [0.15, 0.2) is 5.17 Å². The maximum Gasteiger partial charge on any atom is 0.157 e. The molecule has 3 rings (SSSR count). The van der Waals surface area contributed by atoms with Gasteiger partial charge in [-0.25, -0.2) is 0 Å². The van der Waals surface area contributed by atoms with Gasteiger partial charge in [-0.2, -0.15) is 0 Å². The molecular weight excluding hydrogens is 252 g/mol. The molecule has 1 aliphatic heterocycles. The van der Waals surface area contributed by atoms with Gasteiger partial charge >= 0.3 is 0 Å². The zero-order chi connectivity index (χ0) is 13.1. The van der Waals surface area contributed by atoms with E-state index < -0.39 is 0 Å². The molecule has 0 unspecified atom stereocenters. The summed E-state index contributed by atoms with van der Waals surface area (Å²) < 4.78 is 0. The normalized spacial score (nSPS) is 38.2. The first-order valence-corrected chi connectivity index (χ1v) is 9.20. The number of aliphatic imine (C=N–C) groups is 1. The number of thioether (sulfide) groups is 1. The van der Waals surface area contributed by atoms with E-state index >= 15 is 0 Å². The number of rotatable bonds is 3. The third-order valence-electron chi connectivity index (χ3n) is 5.36. The Balaban J connectivity index is 1.45. The van der Waals surface area contributed by atoms with Crippen molar-refractivity contribution < 1.29 is 0 Å². The van der Waals surface area contributed by atoms with E-state index in [0.29, 0.717) is 5.54 Å². The van der Waals surface area contributed by atoms with E-state index in [1.807, 2.05) is 11.8 Å². The summed E-state index contributed by atoms with van der Waals surface area (Å²) >= 11 is 1.97. The van der Waals surface area contributed by atoms with Crippen LogP contribution in [0, 0.1) is 11.8 Å². The topological polar surface area (TPSA) is 24.4 Å². The van der Waals surface area contributed by atoms with Crippen LogP contribution >= 0.6 is 11.8 Å². The Morgan fingerprint density at radius 3 is 2.68 bits per heavy atom. The smallest absolute Gasteiger partial charge is 0.157 e. The predicted octanol–water partition coefficient (Wildman–Crippen LogP) is 4.21. The van der Waals surface area contributed by atoms with Crippen molar-refractivity contribution in [2.45, 2.75) is 70.3 Å². The molecule has 0 atom stereocenters. The highest BCUT2D eigenvalue weighted by Gasteiger charge is 2.39. The largest absolute Gasteiger partial charge is 0.359 e. The standard InChI is InChI=1S/C16H28N2S/c1-13-6-9-16(10-7-13)12-19-15(18-16)17-11-8-14-4-2-3-5-14/h13-14H,2-12H2,1H3,(H,17,18). The lowest BCUT2D eigenvalue weighted by molar-refractivity contribution is 0.251. The number of hydrogen-bond acceptors (Lipinski definition) is 2. The van der Waals surface area contributed by atoms with Gasteiger partial charge in [-0.3, -0.25) is 4.99 Å². The SMILES string of the molecule is CC1CCC2(CC1)CSC(=NCCC1CCCC1)N2. The number of amidine groups is 1. The van der Waals surface area contributed by atoms with Gasteiger partial charge in [0, 0.05) is 17.8 Å². The van der Waals surface area contributed by atoms with Crippen molar-refractivity contribution in [3.05, 3.63) is 0 Å². The monoisotopic (exact) mass is 280 g/mol. The van der Waals surface area contributed by atoms with Crippen LogP contribution < -0.4 is 5.32 Å². The maximum absolute atomic E-state index is 4.82. The molecule has 3 aliphatic rings. The fourth-order valence-corrected chi connectivity index (χ4v) is 5.07. The van der Waals surface area contributed by atoms with Crippen molar-refractivity contribution in [2.24, 2.45) is 16.8 Å². The van der Waals surface area contributed by atoms with Gasteiger partial charge < -0.3 is 5.32 Å². The summed E-state index contributed by atoms with van der Waals surface area (Å²) in [4.78, 5) is 4.82. The summed E-state index contributed by atoms with van der Waals surface area (Å²) in [5.41, 5.74) is 0.406. The van der Waals surface area contributed by atoms with Crippen LogP contribution in [0.4, 0.5) is 0 Å². The molecule has 2 aliphatic carbocycles. The Hall–Kier alpha value is -0.180. The van der Waals surface area contributed by atoms with E-state index in [4.69, 9.17) is 4.99 Å². The summed E-state index contributed by atoms with van der Waals surface area (Å²) in [6, 6.07) is 0. The first-order valence-electron chi connectivity index (χ1n) is 8.21. The van der Waals surface area contributed by atoms with Crippen LogP contribution in [0.1, 0.15) is 64.7 Å². The average molecular weight is 280 g/mol. The molecule has 0 radical (unpaired) electrons. The van der Waals surface area contributed by atoms with Crippen molar-refractivity contribution in [3.63, 3.8) is 0 Å². The Bertz CT molecular complexity index is 326. The minimum Gasteiger partial charge on any atom is -0.359 e. The van der Waals surface area contributed by atoms with Gasteiger partial charge in [-0.05, 0) is 43.9 Å². The summed E-state index contributed by atoms with van der Waals surface area (Å²) in [6.45, 7) is 3.44. The van der Waals surface area contributed by atoms with E-state index in [1.165, 1.54) is 68.7 Å². The molecule has 1 heterocycles. The molecule has 1 saturated heterocycles. The Morgan fingerprint density at radius 1 is 1.21 bits per heavy atom. The minimum atomic E-state index is 0.406. The fourth-order valence-electron chi connectivity index (χ4n) is 3.82. The fraction of sp³-hybridized carbons (Fsp3) is 0.938. The first-order chi connectivity index (χ1) is 9.26. The van der Waals surface area contributed by atoms with Crippen molar-refractivity contribution in [3.8, 4) is 0 Å². The average Bonchev–Trinajstić information content (AvgIpc) is 3.05. The van der Waals surface area contributed by atoms with Gasteiger partial charge in [-0.15, -0.1) is 0 Å². The number of nitrogens with one attached hydrogen (secondary N) is 1. The Morgan fingerprint density at radius 2 is 1.95 bits per heavy atom. The number of nitrogens with zero attached hydrogens (tertiary/aromatic N) is 1. The lowest BCUT2D eigenvalue weighted by Gasteiger charge is -2.35. The molecule has 19 heavy (non-hydrogen) atoms. The van der Waals surface area contributed by atoms with Crippen molar-refractivity contribution in [2.75, 3.05) is 12.3 Å². The van der Waals surface area contributed by atoms with E-state index in [0.717, 1.165) is 18.4 Å². The molecule has 0 aromatic rings. The Kier molecular flexibility index (Phi) is 4.40. The molecule has 0 amide bonds. The summed E-state index contributed by atoms with van der Waals surface area (Å²) in [6.07, 6.45) is 12.6. The Labute approximate surface area is 122 Å². The van der Waals surface area contributed by atoms with Crippen molar-refractivity contribution in [1.29, 1.82) is 0 Å². The van der Waals surface area contributed by atoms with Crippen LogP contribution in [0.3, 0.4) is 0 Å². The summed E-state index contributed by atoms with van der Waals surface area (Å²) in [5, 5.41) is 5.01. The van der Waals surface area contributed by atoms with E-state index in [9.17, 15) is 0 Å². The van der Waals surface area contributed by atoms with Gasteiger partial charge in [0.1, 0.15) is 0 Å². The molecule has 0 aromatic heterocycles. The van der Waals surface area contributed by atoms with Gasteiger partial charge in [0.25, 0.3) is 0 Å². The second-order valence-corrected chi connectivity index (χ2v) is 7.97. The van der Waals surface area contributed by atoms with Gasteiger partial charge in [-0.1, -0.05) is 44.4 Å². The molecule has 3 fully saturated rings. The first kappa shape index (κ1) is 13.8. The van der Waals surface area contributed by atoms with E-state index in [1.54, 1.807) is 0 Å². The molecule has 2 saturated carbocycles. The minimum absolute atomic E-state index is 0.406. The molecule has 1 N–H and O–H groups in total. The van der Waals surface area contributed by atoms with Crippen LogP contribution in [-0.4, -0.2) is 23.0 Å². The lowest BCUT2D eigenvalue weighted by atomic mass is 9.78. The molecule has 0 bridgehead atoms. The van der Waals surface area contributed by atoms with Crippen molar-refractivity contribution in [1.82, 2.24) is 5.32 Å². The molecule has 0 aromatic carbocycles. The quantitative estimate of drug-likeness (QED) is 0.837. The second-order valence-electron chi connectivity index (χ2n) is 7.00. The molecule has 1 spiro atoms. The highest BCUT2D eigenvalue weighted by molar-refractivity contribution is 8.14. The van der Waals surface area contributed by atoms with E-state index in [-0.39, 0.29) is 0 Å². The molecule has 3 heteroatoms. The van der Waals surface area contributed by atoms with Crippen LogP contribution in [0.2, 0.25) is 0 Å². The lowest BCUT2D eigenvalue weighted by Crippen LogP contribution is -2.46. The van der Waals surface area contributed by atoms with Crippen LogP contribution in [0.25, 0.3) is 0 Å². The predicted molar refractivity (Wildman–Crippen MR) is 84.8 cm³/mol. The van der Waals surface area contributed by atoms with Gasteiger partial charge in [0.2, 0.25) is 0 Å². The van der Waals surface area contributed by atoms with Crippen LogP contribution in [0.5, 0.6) is 0 Å². The van der Waals surface area contributed by atoms with Crippen LogP contribution in [-0.2, 0) is 0 Å². The number of hydrogen-bond donors (Lipinski definition) is 1. The molecular formula is C16H28N2S. The van der Waals surface area contributed by atoms with Crippen LogP contribution in [0.15, 0.2) is 4.99 Å². The zero-order valence-corrected chi connectivity index (χ0v) is 13.1. The summed E-state index contributed by atoms with van der Waals surface area (Å²) in [7, 11) is 0. The second kappa shape index (κ2) is 6.07. The molecule has 108 valence electrons. The highest BCUT2D eigenvalue weighted by atomic mass is 32.2. The van der Waals surface area contributed by atoms with Crippen molar-refractivity contribution >= 4 is 16.9 Å². The highest BCUT2D eigenvalue weighted by Crippen LogP contribution is 2.38. The molecule has 2 nitrogen and oxygen atoms in total. The third kappa shape index (κ3) is 3.48. The van der Waals surface area contributed by atoms with E-state index in [2.05, 4.69) is 12.2 Å². The maximum atomic E-state index is 4.82. The summed E-state index contributed by atoms with van der Waals surface area (Å²) in [5.74, 6) is 3.16. The third-order valence-corrected chi connectivity index (χ3v) is 6.56. The zero-order valence-electron chi connectivity index (χ0n) is 12.3. The van der Waals surface area contributed by atoms with Gasteiger partial charge in [0.05, 0.1) is 0 Å².